The number of carbonyl (C=O) groups is 1. The molecule has 1 N–H and O–H groups in total. The molecule has 1 aliphatic rings. The van der Waals surface area contributed by atoms with Crippen LogP contribution in [0.15, 0.2) is 53.6 Å². The van der Waals surface area contributed by atoms with E-state index in [0.717, 1.165) is 23.1 Å². The van der Waals surface area contributed by atoms with E-state index >= 15 is 0 Å². The minimum atomic E-state index is -3.71. The van der Waals surface area contributed by atoms with Crippen molar-refractivity contribution >= 4 is 16.0 Å². The lowest BCUT2D eigenvalue weighted by molar-refractivity contribution is -0.158. The summed E-state index contributed by atoms with van der Waals surface area (Å²) >= 11 is 0. The number of carboxylic acids is 1. The van der Waals surface area contributed by atoms with Gasteiger partial charge >= 0.3 is 5.97 Å². The molecule has 39 heavy (non-hydrogen) atoms. The first kappa shape index (κ1) is 28.9. The van der Waals surface area contributed by atoms with Gasteiger partial charge in [0.05, 0.1) is 29.2 Å². The fourth-order valence-electron chi connectivity index (χ4n) is 5.02. The number of nitrogens with zero attached hydrogens (tertiary/aromatic N) is 4. The summed E-state index contributed by atoms with van der Waals surface area (Å²) in [6, 6.07) is 12.9. The molecule has 2 atom stereocenters. The molecule has 1 aromatic heterocycles. The summed E-state index contributed by atoms with van der Waals surface area (Å²) < 4.78 is 37.0. The highest BCUT2D eigenvalue weighted by atomic mass is 32.2. The first-order chi connectivity index (χ1) is 18.5. The van der Waals surface area contributed by atoms with Crippen molar-refractivity contribution in [1.82, 2.24) is 19.3 Å². The van der Waals surface area contributed by atoms with Gasteiger partial charge < -0.3 is 9.84 Å². The number of aromatic nitrogens is 3. The lowest BCUT2D eigenvalue weighted by Gasteiger charge is -2.31. The van der Waals surface area contributed by atoms with Crippen molar-refractivity contribution in [2.75, 3.05) is 6.54 Å². The van der Waals surface area contributed by atoms with E-state index in [1.165, 1.54) is 0 Å². The Bertz CT molecular complexity index is 1430. The molecule has 210 valence electrons. The maximum atomic E-state index is 13.8. The molecule has 0 aliphatic carbocycles. The minimum absolute atomic E-state index is 0.0973. The van der Waals surface area contributed by atoms with E-state index in [2.05, 4.69) is 17.2 Å². The highest BCUT2D eigenvalue weighted by Crippen LogP contribution is 2.39. The Morgan fingerprint density at radius 3 is 2.62 bits per heavy atom. The second kappa shape index (κ2) is 11.6. The maximum Gasteiger partial charge on any atom is 0.312 e. The second-order valence-corrected chi connectivity index (χ2v) is 12.8. The van der Waals surface area contributed by atoms with Crippen LogP contribution < -0.4 is 0 Å². The first-order valence-electron chi connectivity index (χ1n) is 13.4. The van der Waals surface area contributed by atoms with E-state index in [0.29, 0.717) is 35.7 Å². The zero-order valence-electron chi connectivity index (χ0n) is 23.3. The predicted octanol–water partition coefficient (Wildman–Crippen LogP) is 4.75. The number of hydrogen-bond acceptors (Lipinski definition) is 6. The van der Waals surface area contributed by atoms with Crippen molar-refractivity contribution in [2.24, 2.45) is 11.3 Å². The van der Waals surface area contributed by atoms with Gasteiger partial charge in [0.25, 0.3) is 0 Å². The average Bonchev–Trinajstić information content (AvgIpc) is 3.33. The number of sulfonamides is 1. The molecule has 0 fully saturated rings. The molecule has 10 heteroatoms. The van der Waals surface area contributed by atoms with Gasteiger partial charge in [-0.05, 0) is 68.4 Å². The zero-order valence-corrected chi connectivity index (χ0v) is 24.1. The molecule has 0 amide bonds. The van der Waals surface area contributed by atoms with Crippen molar-refractivity contribution < 1.29 is 23.1 Å². The Labute approximate surface area is 230 Å². The van der Waals surface area contributed by atoms with E-state index in [-0.39, 0.29) is 19.1 Å². The van der Waals surface area contributed by atoms with Crippen LogP contribution in [0, 0.1) is 18.3 Å². The van der Waals surface area contributed by atoms with Crippen LogP contribution in [0.5, 0.6) is 0 Å². The third kappa shape index (κ3) is 6.08. The SMILES string of the molecule is CC[C@@H]1Cc2ccccc2S(=O)(=O)N(Cc2cc([C@H](OCc3cn(CC)nn3)C(C)(C)C(=O)O)ccc2C)C1. The summed E-state index contributed by atoms with van der Waals surface area (Å²) in [4.78, 5) is 12.6. The highest BCUT2D eigenvalue weighted by Gasteiger charge is 2.40. The van der Waals surface area contributed by atoms with E-state index < -0.39 is 27.5 Å². The Hall–Kier alpha value is -3.08. The smallest absolute Gasteiger partial charge is 0.312 e. The van der Waals surface area contributed by atoms with Crippen molar-refractivity contribution in [3.8, 4) is 0 Å². The van der Waals surface area contributed by atoms with Gasteiger partial charge in [-0.3, -0.25) is 9.48 Å². The van der Waals surface area contributed by atoms with Crippen molar-refractivity contribution in [3.63, 3.8) is 0 Å². The van der Waals surface area contributed by atoms with Crippen molar-refractivity contribution in [1.29, 1.82) is 0 Å². The lowest BCUT2D eigenvalue weighted by atomic mass is 9.81. The number of carboxylic acid groups (broad SMARTS) is 1. The summed E-state index contributed by atoms with van der Waals surface area (Å²) in [5, 5.41) is 18.2. The monoisotopic (exact) mass is 554 g/mol. The molecule has 2 aromatic carbocycles. The van der Waals surface area contributed by atoms with E-state index in [1.54, 1.807) is 41.2 Å². The molecule has 0 unspecified atom stereocenters. The molecule has 0 radical (unpaired) electrons. The summed E-state index contributed by atoms with van der Waals surface area (Å²) in [6.07, 6.45) is 2.56. The minimum Gasteiger partial charge on any atom is -0.481 e. The van der Waals surface area contributed by atoms with Crippen molar-refractivity contribution in [3.05, 3.63) is 76.6 Å². The lowest BCUT2D eigenvalue weighted by Crippen LogP contribution is -2.34. The molecule has 9 nitrogen and oxygen atoms in total. The number of rotatable bonds is 10. The largest absolute Gasteiger partial charge is 0.481 e. The molecule has 0 bridgehead atoms. The summed E-state index contributed by atoms with van der Waals surface area (Å²) in [7, 11) is -3.71. The Kier molecular flexibility index (Phi) is 8.58. The number of hydrogen-bond donors (Lipinski definition) is 1. The number of aryl methyl sites for hydroxylation is 2. The van der Waals surface area contributed by atoms with Crippen LogP contribution >= 0.6 is 0 Å². The van der Waals surface area contributed by atoms with Gasteiger partial charge in [0.15, 0.2) is 0 Å². The Balaban J connectivity index is 1.68. The summed E-state index contributed by atoms with van der Waals surface area (Å²) in [5.74, 6) is -0.796. The quantitative estimate of drug-likeness (QED) is 0.385. The van der Waals surface area contributed by atoms with Crippen molar-refractivity contribution in [2.45, 2.75) is 78.2 Å². The van der Waals surface area contributed by atoms with Crippen LogP contribution in [0.1, 0.15) is 68.2 Å². The number of fused-ring (bicyclic) bond motifs is 1. The molecule has 2 heterocycles. The second-order valence-electron chi connectivity index (χ2n) is 10.9. The molecule has 0 saturated heterocycles. The van der Waals surface area contributed by atoms with Crippen LogP contribution in [0.4, 0.5) is 0 Å². The average molecular weight is 555 g/mol. The fourth-order valence-corrected chi connectivity index (χ4v) is 6.75. The van der Waals surface area contributed by atoms with Crippen LogP contribution in [0.3, 0.4) is 0 Å². The van der Waals surface area contributed by atoms with E-state index in [4.69, 9.17) is 4.74 Å². The Morgan fingerprint density at radius 1 is 1.21 bits per heavy atom. The molecule has 0 spiro atoms. The normalized spacial score (nSPS) is 18.3. The van der Waals surface area contributed by atoms with Crippen LogP contribution in [0.2, 0.25) is 0 Å². The summed E-state index contributed by atoms with van der Waals surface area (Å²) in [6.45, 7) is 10.6. The van der Waals surface area contributed by atoms with Crippen LogP contribution in [0.25, 0.3) is 0 Å². The number of aliphatic carboxylic acids is 1. The summed E-state index contributed by atoms with van der Waals surface area (Å²) in [5.41, 5.74) is 2.62. The third-order valence-electron chi connectivity index (χ3n) is 7.68. The molecule has 0 saturated carbocycles. The zero-order chi connectivity index (χ0) is 28.4. The van der Waals surface area contributed by atoms with E-state index in [1.807, 2.05) is 44.2 Å². The van der Waals surface area contributed by atoms with Gasteiger partial charge in [-0.15, -0.1) is 5.10 Å². The number of ether oxygens (including phenoxy) is 1. The van der Waals surface area contributed by atoms with Gasteiger partial charge in [-0.25, -0.2) is 8.42 Å². The van der Waals surface area contributed by atoms with Crippen LogP contribution in [-0.2, 0) is 45.7 Å². The molecule has 1 aliphatic heterocycles. The van der Waals surface area contributed by atoms with Crippen LogP contribution in [-0.4, -0.2) is 45.3 Å². The number of benzene rings is 2. The maximum absolute atomic E-state index is 13.8. The van der Waals surface area contributed by atoms with Gasteiger partial charge in [0, 0.05) is 19.6 Å². The van der Waals surface area contributed by atoms with Gasteiger partial charge in [-0.1, -0.05) is 55.0 Å². The Morgan fingerprint density at radius 2 is 1.95 bits per heavy atom. The molecule has 4 rings (SSSR count). The molecular weight excluding hydrogens is 516 g/mol. The standard InChI is InChI=1S/C29H38N4O5S/c1-6-21-14-22-10-8-9-11-26(22)39(36,37)33(16-21)17-24-15-23(13-12-20(24)3)27(29(4,5)28(34)35)38-19-25-18-32(7-2)31-30-25/h8-13,15,18,21,27H,6-7,14,16-17,19H2,1-5H3,(H,34,35)/t21-,27+/m1/s1. The fraction of sp³-hybridized carbons (Fsp3) is 0.483. The van der Waals surface area contributed by atoms with E-state index in [9.17, 15) is 18.3 Å². The van der Waals surface area contributed by atoms with Gasteiger partial charge in [-0.2, -0.15) is 4.31 Å². The first-order valence-corrected chi connectivity index (χ1v) is 14.8. The molecular formula is C29H38N4O5S. The van der Waals surface area contributed by atoms with Gasteiger partial charge in [0.1, 0.15) is 5.69 Å². The predicted molar refractivity (Wildman–Crippen MR) is 147 cm³/mol. The topological polar surface area (TPSA) is 115 Å². The van der Waals surface area contributed by atoms with Gasteiger partial charge in [0.2, 0.25) is 10.0 Å². The highest BCUT2D eigenvalue weighted by molar-refractivity contribution is 7.89. The molecule has 3 aromatic rings. The third-order valence-corrected chi connectivity index (χ3v) is 9.59.